The number of rotatable bonds is 9. The Bertz CT molecular complexity index is 1030. The van der Waals surface area contributed by atoms with Crippen molar-refractivity contribution in [1.29, 1.82) is 0 Å². The Hall–Kier alpha value is -2.58. The SMILES string of the molecule is CCOc1ccc(N[C@@H](C(=O)NC2CC2)c2ccccc2)cc1S(=O)(=O)N1CCCCC1. The minimum atomic E-state index is -3.70. The van der Waals surface area contributed by atoms with E-state index in [1.807, 2.05) is 37.3 Å². The first-order valence-electron chi connectivity index (χ1n) is 11.4. The van der Waals surface area contributed by atoms with Crippen LogP contribution in [0.5, 0.6) is 5.75 Å². The van der Waals surface area contributed by atoms with Crippen LogP contribution in [0, 0.1) is 0 Å². The average molecular weight is 458 g/mol. The Morgan fingerprint density at radius 1 is 1.09 bits per heavy atom. The van der Waals surface area contributed by atoms with Gasteiger partial charge in [0.1, 0.15) is 16.7 Å². The van der Waals surface area contributed by atoms with Gasteiger partial charge in [0.2, 0.25) is 15.9 Å². The van der Waals surface area contributed by atoms with Crippen molar-refractivity contribution in [1.82, 2.24) is 9.62 Å². The third-order valence-corrected chi connectivity index (χ3v) is 7.73. The first kappa shape index (κ1) is 22.6. The average Bonchev–Trinajstić information content (AvgIpc) is 3.63. The van der Waals surface area contributed by atoms with Gasteiger partial charge < -0.3 is 15.4 Å². The fourth-order valence-corrected chi connectivity index (χ4v) is 5.62. The zero-order valence-electron chi connectivity index (χ0n) is 18.4. The van der Waals surface area contributed by atoms with Gasteiger partial charge in [-0.3, -0.25) is 4.79 Å². The van der Waals surface area contributed by atoms with Crippen molar-refractivity contribution < 1.29 is 17.9 Å². The van der Waals surface area contributed by atoms with Crippen LogP contribution in [-0.4, -0.2) is 44.4 Å². The van der Waals surface area contributed by atoms with E-state index in [0.717, 1.165) is 37.7 Å². The van der Waals surface area contributed by atoms with Crippen molar-refractivity contribution in [2.45, 2.75) is 56.0 Å². The van der Waals surface area contributed by atoms with Gasteiger partial charge in [-0.15, -0.1) is 0 Å². The molecule has 2 aromatic rings. The number of amides is 1. The summed E-state index contributed by atoms with van der Waals surface area (Å²) in [5, 5.41) is 6.31. The van der Waals surface area contributed by atoms with E-state index in [-0.39, 0.29) is 16.8 Å². The molecule has 1 saturated heterocycles. The molecule has 1 aliphatic heterocycles. The lowest BCUT2D eigenvalue weighted by Crippen LogP contribution is -2.36. The van der Waals surface area contributed by atoms with Crippen LogP contribution in [0.1, 0.15) is 50.6 Å². The van der Waals surface area contributed by atoms with E-state index < -0.39 is 16.1 Å². The molecule has 1 aliphatic carbocycles. The molecule has 2 N–H and O–H groups in total. The second-order valence-electron chi connectivity index (χ2n) is 8.33. The van der Waals surface area contributed by atoms with Gasteiger partial charge >= 0.3 is 0 Å². The highest BCUT2D eigenvalue weighted by Crippen LogP contribution is 2.33. The highest BCUT2D eigenvalue weighted by Gasteiger charge is 2.31. The molecule has 1 heterocycles. The number of nitrogens with zero attached hydrogens (tertiary/aromatic N) is 1. The first-order chi connectivity index (χ1) is 15.5. The molecule has 1 amide bonds. The van der Waals surface area contributed by atoms with E-state index in [4.69, 9.17) is 4.74 Å². The Labute approximate surface area is 190 Å². The molecule has 2 aliphatic rings. The Morgan fingerprint density at radius 2 is 1.81 bits per heavy atom. The van der Waals surface area contributed by atoms with Crippen LogP contribution in [0.15, 0.2) is 53.4 Å². The van der Waals surface area contributed by atoms with Crippen molar-refractivity contribution in [3.63, 3.8) is 0 Å². The minimum absolute atomic E-state index is 0.118. The number of ether oxygens (including phenoxy) is 1. The number of piperidine rings is 1. The summed E-state index contributed by atoms with van der Waals surface area (Å²) in [5.74, 6) is 0.218. The number of benzene rings is 2. The van der Waals surface area contributed by atoms with Gasteiger partial charge in [0.15, 0.2) is 0 Å². The number of hydrogen-bond acceptors (Lipinski definition) is 5. The van der Waals surface area contributed by atoms with Gasteiger partial charge in [-0.05, 0) is 56.4 Å². The fourth-order valence-electron chi connectivity index (χ4n) is 3.94. The summed E-state index contributed by atoms with van der Waals surface area (Å²) >= 11 is 0. The van der Waals surface area contributed by atoms with Crippen LogP contribution in [-0.2, 0) is 14.8 Å². The van der Waals surface area contributed by atoms with E-state index >= 15 is 0 Å². The number of anilines is 1. The molecule has 8 heteroatoms. The molecule has 7 nitrogen and oxygen atoms in total. The molecule has 4 rings (SSSR count). The predicted octanol–water partition coefficient (Wildman–Crippen LogP) is 3.69. The third-order valence-electron chi connectivity index (χ3n) is 5.81. The maximum atomic E-state index is 13.4. The summed E-state index contributed by atoms with van der Waals surface area (Å²) in [4.78, 5) is 13.1. The lowest BCUT2D eigenvalue weighted by Gasteiger charge is -2.27. The van der Waals surface area contributed by atoms with Crippen molar-refractivity contribution >= 4 is 21.6 Å². The van der Waals surface area contributed by atoms with Gasteiger partial charge in [0.05, 0.1) is 6.61 Å². The molecule has 0 radical (unpaired) electrons. The molecule has 2 aromatic carbocycles. The lowest BCUT2D eigenvalue weighted by molar-refractivity contribution is -0.122. The van der Waals surface area contributed by atoms with Crippen molar-refractivity contribution in [3.05, 3.63) is 54.1 Å². The highest BCUT2D eigenvalue weighted by molar-refractivity contribution is 7.89. The summed E-state index contributed by atoms with van der Waals surface area (Å²) < 4.78 is 34.0. The molecule has 1 atom stereocenters. The van der Waals surface area contributed by atoms with E-state index in [1.165, 1.54) is 4.31 Å². The first-order valence-corrected chi connectivity index (χ1v) is 12.8. The Kier molecular flexibility index (Phi) is 7.01. The smallest absolute Gasteiger partial charge is 0.247 e. The summed E-state index contributed by atoms with van der Waals surface area (Å²) in [6.07, 6.45) is 4.75. The molecule has 0 aromatic heterocycles. The molecular weight excluding hydrogens is 426 g/mol. The number of nitrogens with one attached hydrogen (secondary N) is 2. The molecule has 172 valence electrons. The lowest BCUT2D eigenvalue weighted by atomic mass is 10.1. The highest BCUT2D eigenvalue weighted by atomic mass is 32.2. The summed E-state index contributed by atoms with van der Waals surface area (Å²) in [5.41, 5.74) is 1.38. The predicted molar refractivity (Wildman–Crippen MR) is 124 cm³/mol. The van der Waals surface area contributed by atoms with Crippen LogP contribution >= 0.6 is 0 Å². The molecule has 0 unspecified atom stereocenters. The fraction of sp³-hybridized carbons (Fsp3) is 0.458. The quantitative estimate of drug-likeness (QED) is 0.600. The van der Waals surface area contributed by atoms with Crippen LogP contribution < -0.4 is 15.4 Å². The van der Waals surface area contributed by atoms with Gasteiger partial charge in [0.25, 0.3) is 0 Å². The second kappa shape index (κ2) is 9.92. The topological polar surface area (TPSA) is 87.7 Å². The van der Waals surface area contributed by atoms with Crippen LogP contribution in [0.3, 0.4) is 0 Å². The largest absolute Gasteiger partial charge is 0.492 e. The maximum Gasteiger partial charge on any atom is 0.247 e. The molecule has 32 heavy (non-hydrogen) atoms. The molecule has 1 saturated carbocycles. The van der Waals surface area contributed by atoms with Gasteiger partial charge in [-0.25, -0.2) is 8.42 Å². The van der Waals surface area contributed by atoms with Crippen molar-refractivity contribution in [3.8, 4) is 5.75 Å². The monoisotopic (exact) mass is 457 g/mol. The van der Waals surface area contributed by atoms with E-state index in [9.17, 15) is 13.2 Å². The van der Waals surface area contributed by atoms with Crippen LogP contribution in [0.2, 0.25) is 0 Å². The van der Waals surface area contributed by atoms with Gasteiger partial charge in [-0.1, -0.05) is 36.8 Å². The molecule has 2 fully saturated rings. The summed E-state index contributed by atoms with van der Waals surface area (Å²) in [6.45, 7) is 3.23. The summed E-state index contributed by atoms with van der Waals surface area (Å²) in [6, 6.07) is 14.1. The third kappa shape index (κ3) is 5.24. The zero-order valence-corrected chi connectivity index (χ0v) is 19.2. The number of carbonyl (C=O) groups is 1. The number of hydrogen-bond donors (Lipinski definition) is 2. The van der Waals surface area contributed by atoms with Crippen LogP contribution in [0.4, 0.5) is 5.69 Å². The van der Waals surface area contributed by atoms with Gasteiger partial charge in [0, 0.05) is 24.8 Å². The maximum absolute atomic E-state index is 13.4. The van der Waals surface area contributed by atoms with E-state index in [1.54, 1.807) is 18.2 Å². The van der Waals surface area contributed by atoms with Crippen LogP contribution in [0.25, 0.3) is 0 Å². The molecule has 0 spiro atoms. The molecular formula is C24H31N3O4S. The Balaban J connectivity index is 1.66. The van der Waals surface area contributed by atoms with Crippen molar-refractivity contribution in [2.24, 2.45) is 0 Å². The number of carbonyl (C=O) groups excluding carboxylic acids is 1. The number of sulfonamides is 1. The van der Waals surface area contributed by atoms with Gasteiger partial charge in [-0.2, -0.15) is 4.31 Å². The van der Waals surface area contributed by atoms with Crippen molar-refractivity contribution in [2.75, 3.05) is 25.0 Å². The zero-order chi connectivity index (χ0) is 22.6. The minimum Gasteiger partial charge on any atom is -0.492 e. The normalized spacial score (nSPS) is 18.0. The van der Waals surface area contributed by atoms with E-state index in [0.29, 0.717) is 31.1 Å². The standard InChI is InChI=1S/C24H31N3O4S/c1-2-31-21-14-13-20(17-22(21)32(29,30)27-15-7-4-8-16-27)25-23(18-9-5-3-6-10-18)24(28)26-19-11-12-19/h3,5-6,9-10,13-14,17,19,23,25H,2,4,7-8,11-12,15-16H2,1H3,(H,26,28)/t23-/m1/s1. The second-order valence-corrected chi connectivity index (χ2v) is 10.2. The molecule has 0 bridgehead atoms. The Morgan fingerprint density at radius 3 is 2.47 bits per heavy atom. The van der Waals surface area contributed by atoms with E-state index in [2.05, 4.69) is 10.6 Å². The summed E-state index contributed by atoms with van der Waals surface area (Å²) in [7, 11) is -3.70.